The third-order valence-corrected chi connectivity index (χ3v) is 4.52. The highest BCUT2D eigenvalue weighted by molar-refractivity contribution is 8.00. The molecule has 1 aromatic rings. The molecule has 1 aliphatic rings. The van der Waals surface area contributed by atoms with E-state index in [-0.39, 0.29) is 18.7 Å². The Bertz CT molecular complexity index is 583. The third-order valence-electron chi connectivity index (χ3n) is 3.32. The van der Waals surface area contributed by atoms with Gasteiger partial charge in [-0.3, -0.25) is 9.78 Å². The van der Waals surface area contributed by atoms with Crippen molar-refractivity contribution in [1.29, 1.82) is 0 Å². The van der Waals surface area contributed by atoms with Crippen LogP contribution in [0.25, 0.3) is 0 Å². The van der Waals surface area contributed by atoms with Crippen LogP contribution in [0.4, 0.5) is 0 Å². The average Bonchev–Trinajstić information content (AvgIpc) is 2.52. The molecule has 2 rings (SSSR count). The summed E-state index contributed by atoms with van der Waals surface area (Å²) < 4.78 is 0. The number of hydrogen-bond acceptors (Lipinski definition) is 7. The first-order valence-corrected chi connectivity index (χ1v) is 7.93. The maximum atomic E-state index is 11.4. The molecule has 1 saturated heterocycles. The van der Waals surface area contributed by atoms with E-state index < -0.39 is 16.9 Å². The van der Waals surface area contributed by atoms with Gasteiger partial charge in [0, 0.05) is 18.5 Å². The fourth-order valence-corrected chi connectivity index (χ4v) is 3.42. The Morgan fingerprint density at radius 2 is 2.43 bits per heavy atom. The van der Waals surface area contributed by atoms with E-state index in [1.165, 1.54) is 0 Å². The Morgan fingerprint density at radius 1 is 1.61 bits per heavy atom. The number of thioether (sulfide) groups is 1. The molecule has 0 aromatic carbocycles. The van der Waals surface area contributed by atoms with Crippen molar-refractivity contribution >= 4 is 29.9 Å². The summed E-state index contributed by atoms with van der Waals surface area (Å²) in [5, 5.41) is 24.0. The summed E-state index contributed by atoms with van der Waals surface area (Å²) in [7, 11) is 0. The van der Waals surface area contributed by atoms with Crippen LogP contribution in [0.2, 0.25) is 0 Å². The quantitative estimate of drug-likeness (QED) is 0.287. The molecule has 0 saturated carbocycles. The molecule has 0 radical (unpaired) electrons. The summed E-state index contributed by atoms with van der Waals surface area (Å²) in [6.07, 6.45) is 2.56. The Morgan fingerprint density at radius 3 is 3.09 bits per heavy atom. The summed E-state index contributed by atoms with van der Waals surface area (Å²) in [6.45, 7) is 0.0515. The average molecular weight is 339 g/mol. The predicted molar refractivity (Wildman–Crippen MR) is 83.4 cm³/mol. The third kappa shape index (κ3) is 4.93. The second-order valence-electron chi connectivity index (χ2n) is 4.96. The molecule has 124 valence electrons. The van der Waals surface area contributed by atoms with Gasteiger partial charge in [-0.2, -0.15) is 0 Å². The predicted octanol–water partition coefficient (Wildman–Crippen LogP) is 0.574. The van der Waals surface area contributed by atoms with E-state index in [4.69, 9.17) is 4.84 Å². The summed E-state index contributed by atoms with van der Waals surface area (Å²) in [6, 6.07) is 5.28. The number of aliphatic carboxylic acids is 1. The number of nitrogens with zero attached hydrogens (tertiary/aromatic N) is 2. The van der Waals surface area contributed by atoms with Gasteiger partial charge in [0.05, 0.1) is 5.69 Å². The fraction of sp³-hybridized carbons (Fsp3) is 0.429. The van der Waals surface area contributed by atoms with Gasteiger partial charge in [-0.15, -0.1) is 11.8 Å². The van der Waals surface area contributed by atoms with Crippen LogP contribution in [-0.2, 0) is 21.0 Å². The van der Waals surface area contributed by atoms with Crippen LogP contribution >= 0.6 is 11.8 Å². The normalized spacial score (nSPS) is 24.7. The maximum absolute atomic E-state index is 11.4. The van der Waals surface area contributed by atoms with Gasteiger partial charge in [-0.05, 0) is 24.3 Å². The minimum absolute atomic E-state index is 0.0501. The number of rotatable bonds is 7. The van der Waals surface area contributed by atoms with E-state index in [1.54, 1.807) is 24.4 Å². The van der Waals surface area contributed by atoms with Crippen LogP contribution < -0.4 is 5.32 Å². The minimum Gasteiger partial charge on any atom is -0.477 e. The van der Waals surface area contributed by atoms with Gasteiger partial charge < -0.3 is 20.4 Å². The lowest BCUT2D eigenvalue weighted by atomic mass is 9.94. The van der Waals surface area contributed by atoms with Crippen LogP contribution in [-0.4, -0.2) is 44.1 Å². The lowest BCUT2D eigenvalue weighted by Crippen LogP contribution is -2.47. The molecule has 2 heterocycles. The molecule has 1 aromatic heterocycles. The van der Waals surface area contributed by atoms with Gasteiger partial charge in [0.2, 0.25) is 6.41 Å². The number of hydrogen-bond donors (Lipinski definition) is 3. The van der Waals surface area contributed by atoms with Gasteiger partial charge in [-0.25, -0.2) is 4.79 Å². The molecule has 0 aliphatic carbocycles. The van der Waals surface area contributed by atoms with Gasteiger partial charge in [0.1, 0.15) is 0 Å². The zero-order valence-electron chi connectivity index (χ0n) is 12.2. The topological polar surface area (TPSA) is 121 Å². The van der Waals surface area contributed by atoms with E-state index in [1.807, 2.05) is 0 Å². The number of pyridine rings is 1. The van der Waals surface area contributed by atoms with E-state index in [0.717, 1.165) is 11.8 Å². The summed E-state index contributed by atoms with van der Waals surface area (Å²) in [5.41, 5.74) is 0.451. The summed E-state index contributed by atoms with van der Waals surface area (Å²) >= 11 is 1.16. The smallest absolute Gasteiger partial charge is 0.353 e. The van der Waals surface area contributed by atoms with Gasteiger partial charge in [0.25, 0.3) is 0 Å². The molecule has 1 amide bonds. The lowest BCUT2D eigenvalue weighted by Gasteiger charge is -2.34. The molecule has 1 fully saturated rings. The molecule has 8 nitrogen and oxygen atoms in total. The molecule has 3 N–H and O–H groups in total. The first-order chi connectivity index (χ1) is 11.0. The Labute approximate surface area is 136 Å². The minimum atomic E-state index is -1.48. The number of carboxylic acid groups (broad SMARTS) is 1. The fourth-order valence-electron chi connectivity index (χ4n) is 2.23. The number of oxime groups is 1. The van der Waals surface area contributed by atoms with E-state index in [9.17, 15) is 19.8 Å². The first-order valence-electron chi connectivity index (χ1n) is 6.95. The molecule has 0 bridgehead atoms. The largest absolute Gasteiger partial charge is 0.477 e. The molecular weight excluding hydrogens is 322 g/mol. The Hall–Kier alpha value is -2.13. The summed E-state index contributed by atoms with van der Waals surface area (Å²) in [4.78, 5) is 31.1. The van der Waals surface area contributed by atoms with Crippen molar-refractivity contribution in [3.8, 4) is 0 Å². The standard InChI is InChI=1S/C14H17N3O5S/c18-9-16-14(21)7-10(4-6-23-14)12(13(19)20)17-22-8-11-3-1-2-5-15-11/h1-3,5,9-10,21H,4,6-8H2,(H,16,18)(H,19,20). The molecule has 2 unspecified atom stereocenters. The van der Waals surface area contributed by atoms with Crippen LogP contribution in [0, 0.1) is 5.92 Å². The van der Waals surface area contributed by atoms with Gasteiger partial charge >= 0.3 is 5.97 Å². The molecule has 2 atom stereocenters. The number of amides is 1. The number of aliphatic hydroxyl groups is 1. The van der Waals surface area contributed by atoms with Crippen molar-refractivity contribution in [2.24, 2.45) is 11.1 Å². The highest BCUT2D eigenvalue weighted by atomic mass is 32.2. The first kappa shape index (κ1) is 17.2. The maximum Gasteiger partial charge on any atom is 0.353 e. The number of nitrogens with one attached hydrogen (secondary N) is 1. The second-order valence-corrected chi connectivity index (χ2v) is 6.33. The van der Waals surface area contributed by atoms with E-state index in [0.29, 0.717) is 24.3 Å². The van der Waals surface area contributed by atoms with Crippen molar-refractivity contribution in [2.75, 3.05) is 5.75 Å². The SMILES string of the molecule is O=CNC1(O)CC(C(=NOCc2ccccn2)C(=O)O)CCS1. The van der Waals surface area contributed by atoms with Crippen LogP contribution in [0.5, 0.6) is 0 Å². The van der Waals surface area contributed by atoms with Crippen LogP contribution in [0.1, 0.15) is 18.5 Å². The second kappa shape index (κ2) is 7.93. The number of carbonyl (C=O) groups is 2. The van der Waals surface area contributed by atoms with Crippen molar-refractivity contribution in [3.05, 3.63) is 30.1 Å². The van der Waals surface area contributed by atoms with Crippen molar-refractivity contribution in [1.82, 2.24) is 10.3 Å². The number of aromatic nitrogens is 1. The number of carbonyl (C=O) groups excluding carboxylic acids is 1. The lowest BCUT2D eigenvalue weighted by molar-refractivity contribution is -0.130. The zero-order chi connectivity index (χ0) is 16.7. The number of carboxylic acids is 1. The molecule has 23 heavy (non-hydrogen) atoms. The molecule has 0 spiro atoms. The van der Waals surface area contributed by atoms with Crippen molar-refractivity contribution in [3.63, 3.8) is 0 Å². The molecule has 9 heteroatoms. The Balaban J connectivity index is 2.03. The van der Waals surface area contributed by atoms with Crippen molar-refractivity contribution in [2.45, 2.75) is 24.5 Å². The van der Waals surface area contributed by atoms with E-state index >= 15 is 0 Å². The summed E-state index contributed by atoms with van der Waals surface area (Å²) in [5.74, 6) is -1.24. The monoisotopic (exact) mass is 339 g/mol. The van der Waals surface area contributed by atoms with Crippen LogP contribution in [0.3, 0.4) is 0 Å². The van der Waals surface area contributed by atoms with E-state index in [2.05, 4.69) is 15.5 Å². The highest BCUT2D eigenvalue weighted by Crippen LogP contribution is 2.36. The van der Waals surface area contributed by atoms with Crippen LogP contribution in [0.15, 0.2) is 29.6 Å². The zero-order valence-corrected chi connectivity index (χ0v) is 13.0. The van der Waals surface area contributed by atoms with Gasteiger partial charge in [-0.1, -0.05) is 11.2 Å². The molecular formula is C14H17N3O5S. The molecule has 1 aliphatic heterocycles. The van der Waals surface area contributed by atoms with Crippen molar-refractivity contribution < 1.29 is 24.6 Å². The Kier molecular flexibility index (Phi) is 5.94. The highest BCUT2D eigenvalue weighted by Gasteiger charge is 2.39. The van der Waals surface area contributed by atoms with Gasteiger partial charge in [0.15, 0.2) is 17.4 Å².